The summed E-state index contributed by atoms with van der Waals surface area (Å²) in [6, 6.07) is 0. The molecule has 0 N–H and O–H groups in total. The number of ether oxygens (including phenoxy) is 1. The van der Waals surface area contributed by atoms with Gasteiger partial charge in [-0.3, -0.25) is 0 Å². The monoisotopic (exact) mass is 222 g/mol. The van der Waals surface area contributed by atoms with Crippen molar-refractivity contribution >= 4 is 16.3 Å². The molecule has 0 bridgehead atoms. The molecule has 1 aliphatic heterocycles. The van der Waals surface area contributed by atoms with Crippen molar-refractivity contribution in [2.24, 2.45) is 0 Å². The zero-order valence-corrected chi connectivity index (χ0v) is 9.08. The van der Waals surface area contributed by atoms with Crippen molar-refractivity contribution in [3.05, 3.63) is 0 Å². The number of methoxy groups -OCH3 is 1. The second-order valence-corrected chi connectivity index (χ2v) is 4.80. The Labute approximate surface area is 83.6 Å². The Morgan fingerprint density at radius 2 is 2.07 bits per heavy atom. The predicted octanol–water partition coefficient (Wildman–Crippen LogP) is 0.0252. The molecule has 0 spiro atoms. The van der Waals surface area contributed by atoms with Crippen LogP contribution in [-0.4, -0.2) is 49.9 Å². The number of hydrogen-bond donors (Lipinski definition) is 0. The summed E-state index contributed by atoms with van der Waals surface area (Å²) in [7, 11) is -2.44. The molecule has 0 aromatic carbocycles. The normalized spacial score (nSPS) is 21.1. The first kappa shape index (κ1) is 11.3. The molecule has 1 saturated heterocycles. The Morgan fingerprint density at radius 1 is 1.43 bits per heavy atom. The molecule has 14 heavy (non-hydrogen) atoms. The van der Waals surface area contributed by atoms with Gasteiger partial charge in [-0.15, -0.1) is 0 Å². The molecule has 6 nitrogen and oxygen atoms in total. The van der Waals surface area contributed by atoms with E-state index in [1.807, 2.05) is 6.92 Å². The third kappa shape index (κ3) is 1.83. The predicted molar refractivity (Wildman–Crippen MR) is 49.9 cm³/mol. The largest absolute Gasteiger partial charge is 0.452 e. The maximum atomic E-state index is 11.6. The van der Waals surface area contributed by atoms with Crippen molar-refractivity contribution in [1.82, 2.24) is 8.61 Å². The van der Waals surface area contributed by atoms with Crippen molar-refractivity contribution < 1.29 is 17.9 Å². The van der Waals surface area contributed by atoms with Gasteiger partial charge in [-0.1, -0.05) is 6.92 Å². The highest BCUT2D eigenvalue weighted by atomic mass is 32.2. The molecule has 0 atom stereocenters. The van der Waals surface area contributed by atoms with Gasteiger partial charge in [0.15, 0.2) is 0 Å². The first-order valence-electron chi connectivity index (χ1n) is 4.39. The molecule has 1 amide bonds. The highest BCUT2D eigenvalue weighted by molar-refractivity contribution is 7.87. The lowest BCUT2D eigenvalue weighted by molar-refractivity contribution is 0.152. The van der Waals surface area contributed by atoms with Crippen LogP contribution in [0.3, 0.4) is 0 Å². The molecule has 1 rings (SSSR count). The fourth-order valence-electron chi connectivity index (χ4n) is 1.34. The summed E-state index contributed by atoms with van der Waals surface area (Å²) in [4.78, 5) is 11.1. The van der Waals surface area contributed by atoms with Crippen LogP contribution in [0.5, 0.6) is 0 Å². The van der Waals surface area contributed by atoms with Crippen molar-refractivity contribution in [3.8, 4) is 0 Å². The second kappa shape index (κ2) is 4.14. The summed E-state index contributed by atoms with van der Waals surface area (Å²) in [5.74, 6) is 0. The molecule has 1 fully saturated rings. The Bertz CT molecular complexity index is 314. The van der Waals surface area contributed by atoms with Crippen molar-refractivity contribution in [1.29, 1.82) is 0 Å². The third-order valence-corrected chi connectivity index (χ3v) is 3.91. The zero-order valence-electron chi connectivity index (χ0n) is 8.26. The smallest absolute Gasteiger partial charge is 0.424 e. The minimum absolute atomic E-state index is 0.176. The number of hydrogen-bond acceptors (Lipinski definition) is 4. The molecule has 82 valence electrons. The molecule has 7 heteroatoms. The standard InChI is InChI=1S/C7H14N2O4S/c1-3-4-8-5-6-9(7(10)13-2)14(8,11)12/h3-6H2,1-2H3. The van der Waals surface area contributed by atoms with E-state index in [1.165, 1.54) is 11.4 Å². The first-order chi connectivity index (χ1) is 6.54. The summed E-state index contributed by atoms with van der Waals surface area (Å²) in [6.45, 7) is 2.85. The highest BCUT2D eigenvalue weighted by Crippen LogP contribution is 2.17. The van der Waals surface area contributed by atoms with Gasteiger partial charge in [0, 0.05) is 13.1 Å². The topological polar surface area (TPSA) is 66.9 Å². The van der Waals surface area contributed by atoms with E-state index in [1.54, 1.807) is 0 Å². The van der Waals surface area contributed by atoms with Gasteiger partial charge < -0.3 is 4.74 Å². The maximum absolute atomic E-state index is 11.6. The van der Waals surface area contributed by atoms with Gasteiger partial charge >= 0.3 is 16.3 Å². The maximum Gasteiger partial charge on any atom is 0.424 e. The van der Waals surface area contributed by atoms with E-state index in [0.717, 1.165) is 10.7 Å². The van der Waals surface area contributed by atoms with E-state index < -0.39 is 16.3 Å². The van der Waals surface area contributed by atoms with Crippen LogP contribution in [0.25, 0.3) is 0 Å². The Kier molecular flexibility index (Phi) is 3.33. The van der Waals surface area contributed by atoms with E-state index in [-0.39, 0.29) is 6.54 Å². The molecule has 0 aromatic rings. The SMILES string of the molecule is CCCN1CCN(C(=O)OC)S1(=O)=O. The lowest BCUT2D eigenvalue weighted by Gasteiger charge is -2.16. The van der Waals surface area contributed by atoms with Crippen LogP contribution in [-0.2, 0) is 14.9 Å². The number of carbonyl (C=O) groups excluding carboxylic acids is 1. The van der Waals surface area contributed by atoms with Crippen LogP contribution >= 0.6 is 0 Å². The van der Waals surface area contributed by atoms with Gasteiger partial charge in [-0.25, -0.2) is 4.79 Å². The third-order valence-electron chi connectivity index (χ3n) is 2.01. The summed E-state index contributed by atoms with van der Waals surface area (Å²) in [5, 5.41) is 0. The summed E-state index contributed by atoms with van der Waals surface area (Å²) in [5.41, 5.74) is 0. The van der Waals surface area contributed by atoms with Crippen LogP contribution < -0.4 is 0 Å². The van der Waals surface area contributed by atoms with E-state index in [2.05, 4.69) is 4.74 Å². The Hall–Kier alpha value is -0.820. The molecular formula is C7H14N2O4S. The molecule has 0 radical (unpaired) electrons. The average molecular weight is 222 g/mol. The molecule has 1 heterocycles. The van der Waals surface area contributed by atoms with Crippen molar-refractivity contribution in [3.63, 3.8) is 0 Å². The van der Waals surface area contributed by atoms with Crippen LogP contribution in [0.2, 0.25) is 0 Å². The van der Waals surface area contributed by atoms with Gasteiger partial charge in [0.05, 0.1) is 13.7 Å². The lowest BCUT2D eigenvalue weighted by atomic mass is 10.5. The van der Waals surface area contributed by atoms with Gasteiger partial charge in [0.2, 0.25) is 0 Å². The van der Waals surface area contributed by atoms with Crippen LogP contribution in [0, 0.1) is 0 Å². The van der Waals surface area contributed by atoms with E-state index >= 15 is 0 Å². The fraction of sp³-hybridized carbons (Fsp3) is 0.857. The highest BCUT2D eigenvalue weighted by Gasteiger charge is 2.39. The first-order valence-corrected chi connectivity index (χ1v) is 5.79. The van der Waals surface area contributed by atoms with Gasteiger partial charge in [-0.05, 0) is 6.42 Å². The lowest BCUT2D eigenvalue weighted by Crippen LogP contribution is -2.37. The molecule has 0 aliphatic carbocycles. The zero-order chi connectivity index (χ0) is 10.8. The minimum Gasteiger partial charge on any atom is -0.452 e. The van der Waals surface area contributed by atoms with Crippen molar-refractivity contribution in [2.45, 2.75) is 13.3 Å². The minimum atomic E-state index is -3.61. The number of amides is 1. The Morgan fingerprint density at radius 3 is 2.57 bits per heavy atom. The summed E-state index contributed by atoms with van der Waals surface area (Å²) < 4.78 is 29.7. The molecule has 0 saturated carbocycles. The summed E-state index contributed by atoms with van der Waals surface area (Å²) in [6.07, 6.45) is -0.0857. The second-order valence-electron chi connectivity index (χ2n) is 2.95. The molecular weight excluding hydrogens is 208 g/mol. The number of nitrogens with zero attached hydrogens (tertiary/aromatic N) is 2. The van der Waals surface area contributed by atoms with Crippen molar-refractivity contribution in [2.75, 3.05) is 26.7 Å². The number of carbonyl (C=O) groups is 1. The van der Waals surface area contributed by atoms with Gasteiger partial charge in [-0.2, -0.15) is 17.0 Å². The average Bonchev–Trinajstić information content (AvgIpc) is 2.42. The molecule has 0 unspecified atom stereocenters. The Balaban J connectivity index is 2.81. The quantitative estimate of drug-likeness (QED) is 0.661. The van der Waals surface area contributed by atoms with Crippen LogP contribution in [0.15, 0.2) is 0 Å². The van der Waals surface area contributed by atoms with E-state index in [4.69, 9.17) is 0 Å². The van der Waals surface area contributed by atoms with Crippen LogP contribution in [0.4, 0.5) is 4.79 Å². The number of rotatable bonds is 2. The molecule has 0 aromatic heterocycles. The van der Waals surface area contributed by atoms with Gasteiger partial charge in [0.25, 0.3) is 0 Å². The fourth-order valence-corrected chi connectivity index (χ4v) is 2.92. The molecule has 1 aliphatic rings. The summed E-state index contributed by atoms with van der Waals surface area (Å²) >= 11 is 0. The van der Waals surface area contributed by atoms with Gasteiger partial charge in [0.1, 0.15) is 0 Å². The van der Waals surface area contributed by atoms with E-state index in [9.17, 15) is 13.2 Å². The van der Waals surface area contributed by atoms with E-state index in [0.29, 0.717) is 13.1 Å². The van der Waals surface area contributed by atoms with Crippen LogP contribution in [0.1, 0.15) is 13.3 Å².